The molecule has 2 heteroatoms. The molecule has 0 aliphatic rings. The van der Waals surface area contributed by atoms with Gasteiger partial charge in [-0.2, -0.15) is 0 Å². The second-order valence-corrected chi connectivity index (χ2v) is 5.66. The molecular formula is C16H22OS. The summed E-state index contributed by atoms with van der Waals surface area (Å²) in [5.74, 6) is 0. The highest BCUT2D eigenvalue weighted by Gasteiger charge is 2.08. The number of hydrogen-bond acceptors (Lipinski definition) is 2. The molecule has 1 aromatic carbocycles. The summed E-state index contributed by atoms with van der Waals surface area (Å²) in [5, 5.41) is 0.107. The van der Waals surface area contributed by atoms with Crippen LogP contribution in [0.2, 0.25) is 0 Å². The van der Waals surface area contributed by atoms with E-state index in [-0.39, 0.29) is 5.12 Å². The van der Waals surface area contributed by atoms with Crippen molar-refractivity contribution in [3.63, 3.8) is 0 Å². The smallest absolute Gasteiger partial charge is 0.219 e. The van der Waals surface area contributed by atoms with Gasteiger partial charge in [0, 0.05) is 4.90 Å². The van der Waals surface area contributed by atoms with Gasteiger partial charge in [0.1, 0.15) is 0 Å². The molecule has 18 heavy (non-hydrogen) atoms. The van der Waals surface area contributed by atoms with Crippen molar-refractivity contribution in [2.24, 2.45) is 0 Å². The van der Waals surface area contributed by atoms with Crippen LogP contribution >= 0.6 is 11.8 Å². The highest BCUT2D eigenvalue weighted by molar-refractivity contribution is 8.14. The topological polar surface area (TPSA) is 17.1 Å². The minimum Gasteiger partial charge on any atom is -0.282 e. The number of benzene rings is 1. The van der Waals surface area contributed by atoms with Crippen molar-refractivity contribution in [1.29, 1.82) is 0 Å². The number of hydrogen-bond donors (Lipinski definition) is 0. The number of aryl methyl sites for hydroxylation is 1. The van der Waals surface area contributed by atoms with Gasteiger partial charge in [-0.15, -0.1) is 0 Å². The van der Waals surface area contributed by atoms with Crippen molar-refractivity contribution < 1.29 is 4.79 Å². The lowest BCUT2D eigenvalue weighted by molar-refractivity contribution is -0.108. The lowest BCUT2D eigenvalue weighted by Gasteiger charge is -2.04. The summed E-state index contributed by atoms with van der Waals surface area (Å²) in [6.07, 6.45) is 5.56. The summed E-state index contributed by atoms with van der Waals surface area (Å²) in [6, 6.07) is 8.03. The number of thioether (sulfide) groups is 1. The van der Waals surface area contributed by atoms with Crippen molar-refractivity contribution >= 4 is 16.9 Å². The van der Waals surface area contributed by atoms with Crippen LogP contribution in [0.25, 0.3) is 0 Å². The van der Waals surface area contributed by atoms with Crippen LogP contribution in [0.1, 0.15) is 44.6 Å². The average molecular weight is 262 g/mol. The quantitative estimate of drug-likeness (QED) is 0.384. The zero-order valence-electron chi connectivity index (χ0n) is 11.4. The molecule has 0 aliphatic carbocycles. The SMILES string of the molecule is C=C(CCCCCC)C(=O)Sc1ccc(C)cc1. The Morgan fingerprint density at radius 3 is 2.44 bits per heavy atom. The van der Waals surface area contributed by atoms with Crippen molar-refractivity contribution in [3.8, 4) is 0 Å². The molecule has 1 aromatic rings. The normalized spacial score (nSPS) is 10.3. The van der Waals surface area contributed by atoms with Gasteiger partial charge in [-0.25, -0.2) is 0 Å². The Labute approximate surface area is 115 Å². The number of carbonyl (C=O) groups is 1. The van der Waals surface area contributed by atoms with E-state index < -0.39 is 0 Å². The molecule has 0 heterocycles. The predicted octanol–water partition coefficient (Wildman–Crippen LogP) is 5.14. The molecule has 1 rings (SSSR count). The molecule has 0 fully saturated rings. The molecule has 0 spiro atoms. The molecule has 0 aliphatic heterocycles. The number of rotatable bonds is 7. The minimum atomic E-state index is 0.107. The summed E-state index contributed by atoms with van der Waals surface area (Å²) in [6.45, 7) is 8.13. The Kier molecular flexibility index (Phi) is 6.81. The van der Waals surface area contributed by atoms with Crippen LogP contribution in [0.4, 0.5) is 0 Å². The molecule has 98 valence electrons. The van der Waals surface area contributed by atoms with Crippen LogP contribution in [0.5, 0.6) is 0 Å². The average Bonchev–Trinajstić information content (AvgIpc) is 2.37. The molecule has 0 N–H and O–H groups in total. The second-order valence-electron chi connectivity index (χ2n) is 4.62. The fourth-order valence-electron chi connectivity index (χ4n) is 1.65. The van der Waals surface area contributed by atoms with E-state index in [0.717, 1.165) is 23.3 Å². The number of unbranched alkanes of at least 4 members (excludes halogenated alkanes) is 3. The summed E-state index contributed by atoms with van der Waals surface area (Å²) in [7, 11) is 0. The van der Waals surface area contributed by atoms with Crippen LogP contribution in [0, 0.1) is 6.92 Å². The van der Waals surface area contributed by atoms with Gasteiger partial charge >= 0.3 is 0 Å². The Morgan fingerprint density at radius 1 is 1.17 bits per heavy atom. The Morgan fingerprint density at radius 2 is 1.83 bits per heavy atom. The van der Waals surface area contributed by atoms with Crippen LogP contribution in [0.15, 0.2) is 41.3 Å². The molecule has 0 saturated heterocycles. The van der Waals surface area contributed by atoms with Gasteiger partial charge in [0.15, 0.2) is 0 Å². The summed E-state index contributed by atoms with van der Waals surface area (Å²) in [4.78, 5) is 12.9. The van der Waals surface area contributed by atoms with Crippen molar-refractivity contribution in [2.45, 2.75) is 50.8 Å². The molecule has 0 atom stereocenters. The highest BCUT2D eigenvalue weighted by atomic mass is 32.2. The second kappa shape index (κ2) is 8.15. The van der Waals surface area contributed by atoms with Crippen LogP contribution in [0.3, 0.4) is 0 Å². The van der Waals surface area contributed by atoms with E-state index in [0.29, 0.717) is 0 Å². The molecule has 1 nitrogen and oxygen atoms in total. The Bertz CT molecular complexity index is 392. The first-order valence-corrected chi connectivity index (χ1v) is 7.41. The monoisotopic (exact) mass is 262 g/mol. The van der Waals surface area contributed by atoms with Gasteiger partial charge in [0.25, 0.3) is 0 Å². The zero-order chi connectivity index (χ0) is 13.4. The van der Waals surface area contributed by atoms with Gasteiger partial charge < -0.3 is 0 Å². The lowest BCUT2D eigenvalue weighted by Crippen LogP contribution is -1.96. The van der Waals surface area contributed by atoms with E-state index in [1.54, 1.807) is 0 Å². The lowest BCUT2D eigenvalue weighted by atomic mass is 10.1. The maximum absolute atomic E-state index is 11.9. The van der Waals surface area contributed by atoms with Crippen molar-refractivity contribution in [3.05, 3.63) is 42.0 Å². The van der Waals surface area contributed by atoms with Gasteiger partial charge in [0.2, 0.25) is 5.12 Å². The summed E-state index contributed by atoms with van der Waals surface area (Å²) < 4.78 is 0. The minimum absolute atomic E-state index is 0.107. The first-order valence-electron chi connectivity index (χ1n) is 6.60. The van der Waals surface area contributed by atoms with Crippen LogP contribution < -0.4 is 0 Å². The van der Waals surface area contributed by atoms with Gasteiger partial charge in [-0.1, -0.05) is 50.5 Å². The van der Waals surface area contributed by atoms with Crippen molar-refractivity contribution in [2.75, 3.05) is 0 Å². The number of carbonyl (C=O) groups excluding carboxylic acids is 1. The Hall–Kier alpha value is -1.02. The van der Waals surface area contributed by atoms with E-state index in [1.807, 2.05) is 31.2 Å². The first kappa shape index (κ1) is 15.0. The summed E-state index contributed by atoms with van der Waals surface area (Å²) in [5.41, 5.74) is 1.96. The van der Waals surface area contributed by atoms with Gasteiger partial charge in [-0.05, 0) is 49.2 Å². The maximum atomic E-state index is 11.9. The molecule has 0 bridgehead atoms. The molecule has 0 saturated carbocycles. The third-order valence-corrected chi connectivity index (χ3v) is 3.83. The van der Waals surface area contributed by atoms with Gasteiger partial charge in [-0.3, -0.25) is 4.79 Å². The van der Waals surface area contributed by atoms with E-state index in [2.05, 4.69) is 13.5 Å². The molecule has 0 aromatic heterocycles. The van der Waals surface area contributed by atoms with Crippen LogP contribution in [-0.4, -0.2) is 5.12 Å². The zero-order valence-corrected chi connectivity index (χ0v) is 12.2. The molecule has 0 amide bonds. The Balaban J connectivity index is 2.35. The summed E-state index contributed by atoms with van der Waals surface area (Å²) >= 11 is 1.29. The fourth-order valence-corrected chi connectivity index (χ4v) is 2.39. The van der Waals surface area contributed by atoms with E-state index >= 15 is 0 Å². The molecular weight excluding hydrogens is 240 g/mol. The van der Waals surface area contributed by atoms with E-state index in [9.17, 15) is 4.79 Å². The predicted molar refractivity (Wildman–Crippen MR) is 79.9 cm³/mol. The van der Waals surface area contributed by atoms with E-state index in [4.69, 9.17) is 0 Å². The highest BCUT2D eigenvalue weighted by Crippen LogP contribution is 2.24. The third kappa shape index (κ3) is 5.54. The molecule has 0 radical (unpaired) electrons. The fraction of sp³-hybridized carbons (Fsp3) is 0.438. The van der Waals surface area contributed by atoms with Gasteiger partial charge in [0.05, 0.1) is 0 Å². The largest absolute Gasteiger partial charge is 0.282 e. The first-order chi connectivity index (χ1) is 8.63. The van der Waals surface area contributed by atoms with E-state index in [1.165, 1.54) is 36.6 Å². The van der Waals surface area contributed by atoms with Crippen LogP contribution in [-0.2, 0) is 4.79 Å². The molecule has 0 unspecified atom stereocenters. The third-order valence-electron chi connectivity index (χ3n) is 2.85. The van der Waals surface area contributed by atoms with Crippen molar-refractivity contribution in [1.82, 2.24) is 0 Å². The maximum Gasteiger partial charge on any atom is 0.219 e. The standard InChI is InChI=1S/C16H22OS/c1-4-5-6-7-8-14(3)16(17)18-15-11-9-13(2)10-12-15/h9-12H,3-8H2,1-2H3.